The molecule has 2 radical (unpaired) electrons. The van der Waals surface area contributed by atoms with Crippen LogP contribution in [0.4, 0.5) is 0 Å². The van der Waals surface area contributed by atoms with Gasteiger partial charge in [-0.25, -0.2) is 32.5 Å². The van der Waals surface area contributed by atoms with Crippen molar-refractivity contribution in [1.82, 2.24) is 29.7 Å². The Hall–Kier alpha value is -5.29. The maximum Gasteiger partial charge on any atom is 0.307 e. The number of methoxy groups -OCH3 is 2. The zero-order valence-corrected chi connectivity index (χ0v) is 57.4. The van der Waals surface area contributed by atoms with Crippen molar-refractivity contribution in [3.05, 3.63) is 47.8 Å². The van der Waals surface area contributed by atoms with Crippen molar-refractivity contribution in [1.29, 1.82) is 0 Å². The number of hydrogen-bond donors (Lipinski definition) is 0. The molecule has 92 heavy (non-hydrogen) atoms. The summed E-state index contributed by atoms with van der Waals surface area (Å²) in [6.45, 7) is 6.42. The first-order chi connectivity index (χ1) is 43.7. The number of carbonyl (C=O) groups is 4. The average Bonchev–Trinajstić information content (AvgIpc) is 1.60. The molecule has 6 heterocycles. The maximum absolute atomic E-state index is 14.4. The fourth-order valence-corrected chi connectivity index (χ4v) is 17.3. The Balaban J connectivity index is 0.000000197. The van der Waals surface area contributed by atoms with Gasteiger partial charge in [-0.1, -0.05) is 90.1 Å². The van der Waals surface area contributed by atoms with Crippen LogP contribution >= 0.6 is 0 Å². The molecule has 0 spiro atoms. The maximum atomic E-state index is 14.4. The largest absolute Gasteiger partial charge is 0.540 e. The van der Waals surface area contributed by atoms with Crippen LogP contribution < -0.4 is 18.9 Å². The first kappa shape index (κ1) is 69.5. The number of hydrogen-bond acceptors (Lipinski definition) is 16. The van der Waals surface area contributed by atoms with E-state index in [0.29, 0.717) is 64.4 Å². The third kappa shape index (κ3) is 15.3. The Labute approximate surface area is 566 Å². The van der Waals surface area contributed by atoms with Gasteiger partial charge < -0.3 is 47.8 Å². The van der Waals surface area contributed by atoms with Crippen LogP contribution in [-0.2, 0) is 88.2 Å². The van der Waals surface area contributed by atoms with Crippen molar-refractivity contribution in [3.63, 3.8) is 0 Å². The molecule has 4 bridgehead atoms. The van der Waals surface area contributed by atoms with E-state index in [1.165, 1.54) is 6.42 Å². The third-order valence-electron chi connectivity index (χ3n) is 22.8. The summed E-state index contributed by atoms with van der Waals surface area (Å²) >= 11 is 0. The van der Waals surface area contributed by atoms with Crippen LogP contribution in [0.25, 0.3) is 22.1 Å². The first-order valence-electron chi connectivity index (χ1n) is 34.5. The average molecular weight is 1340 g/mol. The molecule has 18 nitrogen and oxygen atoms in total. The van der Waals surface area contributed by atoms with Gasteiger partial charge in [-0.3, -0.25) is 19.2 Å². The predicted molar refractivity (Wildman–Crippen MR) is 337 cm³/mol. The fourth-order valence-electron chi connectivity index (χ4n) is 17.3. The van der Waals surface area contributed by atoms with Crippen LogP contribution in [0, 0.1) is 59.2 Å². The van der Waals surface area contributed by atoms with Crippen molar-refractivity contribution in [2.24, 2.45) is 59.2 Å². The van der Waals surface area contributed by atoms with E-state index in [1.54, 1.807) is 24.0 Å². The summed E-state index contributed by atoms with van der Waals surface area (Å²) < 4.78 is 36.6. The number of ether oxygens (including phenoxy) is 6. The molecule has 5 aliphatic carbocycles. The second kappa shape index (κ2) is 31.1. The van der Waals surface area contributed by atoms with Gasteiger partial charge in [-0.05, 0) is 175 Å². The number of nitrogens with zero attached hydrogens (tertiary/aromatic N) is 6. The number of fused-ring (bicyclic) bond motifs is 12. The molecule has 0 N–H and O–H groups in total. The number of rotatable bonds is 6. The zero-order valence-electron chi connectivity index (χ0n) is 54.6. The summed E-state index contributed by atoms with van der Waals surface area (Å²) in [5, 5.41) is 0. The van der Waals surface area contributed by atoms with E-state index in [0.717, 1.165) is 170 Å². The Bertz CT molecular complexity index is 3150. The van der Waals surface area contributed by atoms with E-state index < -0.39 is 41.7 Å². The second-order valence-corrected chi connectivity index (χ2v) is 28.4. The molecule has 5 saturated carbocycles. The van der Waals surface area contributed by atoms with E-state index in [9.17, 15) is 28.8 Å². The van der Waals surface area contributed by atoms with Gasteiger partial charge in [-0.15, -0.1) is 0 Å². The van der Waals surface area contributed by atoms with Gasteiger partial charge in [0.25, 0.3) is 0 Å². The normalized spacial score (nSPS) is 32.6. The van der Waals surface area contributed by atoms with Crippen molar-refractivity contribution in [3.8, 4) is 23.3 Å². The van der Waals surface area contributed by atoms with Crippen molar-refractivity contribution < 1.29 is 94.3 Å². The van der Waals surface area contributed by atoms with E-state index >= 15 is 0 Å². The minimum Gasteiger partial charge on any atom is -0.540 e. The molecule has 2 amide bonds. The summed E-state index contributed by atoms with van der Waals surface area (Å²) in [5.41, 5.74) is 3.99. The van der Waals surface area contributed by atoms with Crippen LogP contribution in [0.5, 0.6) is 23.3 Å². The molecule has 4 aromatic rings. The molecule has 7 fully saturated rings. The molecule has 13 rings (SSSR count). The summed E-state index contributed by atoms with van der Waals surface area (Å²) in [6.07, 6.45) is 28.3. The van der Waals surface area contributed by atoms with Gasteiger partial charge in [0, 0.05) is 49.2 Å². The molecule has 9 aliphatic rings. The predicted octanol–water partition coefficient (Wildman–Crippen LogP) is 11.8. The van der Waals surface area contributed by atoms with E-state index in [2.05, 4.69) is 19.5 Å². The summed E-state index contributed by atoms with van der Waals surface area (Å²) in [7, 11) is 3.24. The summed E-state index contributed by atoms with van der Waals surface area (Å²) in [4.78, 5) is 104. The molecular formula is C72H94N6O12V2-2. The topological polar surface area (TPSA) is 216 Å². The molecule has 14 atom stereocenters. The Morgan fingerprint density at radius 2 is 0.978 bits per heavy atom. The number of amides is 2. The molecular weight excluding hydrogens is 1240 g/mol. The zero-order chi connectivity index (χ0) is 62.6. The van der Waals surface area contributed by atoms with Gasteiger partial charge in [-0.2, -0.15) is 0 Å². The second-order valence-electron chi connectivity index (χ2n) is 28.4. The van der Waals surface area contributed by atoms with E-state index in [4.69, 9.17) is 48.4 Å². The number of carbonyl (C=O) groups excluding carboxylic acids is 6. The Morgan fingerprint density at radius 1 is 0.511 bits per heavy atom. The van der Waals surface area contributed by atoms with Gasteiger partial charge in [0.1, 0.15) is 46.8 Å². The number of aryl methyl sites for hydroxylation is 2. The van der Waals surface area contributed by atoms with Crippen LogP contribution in [0.2, 0.25) is 0 Å². The van der Waals surface area contributed by atoms with E-state index in [-0.39, 0.29) is 117 Å². The quantitative estimate of drug-likeness (QED) is 0.130. The molecule has 2 aromatic heterocycles. The van der Waals surface area contributed by atoms with Crippen molar-refractivity contribution in [2.45, 2.75) is 230 Å². The summed E-state index contributed by atoms with van der Waals surface area (Å²) in [6, 6.07) is 9.78. The van der Waals surface area contributed by atoms with Crippen LogP contribution in [0.15, 0.2) is 36.4 Å². The molecule has 4 aliphatic heterocycles. The molecule has 2 unspecified atom stereocenters. The van der Waals surface area contributed by atoms with E-state index in [1.807, 2.05) is 50.2 Å². The third-order valence-corrected chi connectivity index (χ3v) is 22.8. The monoisotopic (exact) mass is 1340 g/mol. The number of benzene rings is 2. The minimum absolute atomic E-state index is 0. The Morgan fingerprint density at radius 3 is 1.48 bits per heavy atom. The Kier molecular flexibility index (Phi) is 23.5. The number of aromatic nitrogens is 4. The van der Waals surface area contributed by atoms with Gasteiger partial charge in [0.05, 0.1) is 74.1 Å². The molecule has 496 valence electrons. The standard InChI is InChI=1S/C36H46N3O6.C36H48N3O6.2V/c1-21-31(20-40)39-19-33(21)45-35-29(37-28-14-13-24(43-2)17-30(28)38-35)12-8-4-7-11-25-26-15-23(26)16-32(25)44-34(41)18-27(36(39)42)22-9-5-3-6-10-22;1-23-31(22-40)39-21-32(23)44-34-29(37-28-17-16-26(43-3)19-30(28)38-34)15-9-5-8-13-25-14-10-18-36(25,2)45-33(41)20-27(35(39)42)24-11-6-4-7-12-24;;/h13-14,17,21-23,25-27,31-33H,3-12,15-16,18-19H2,1-2H3;16-17,19,23-25,27,31-32H,4-15,18,20-21H2,1-3H3;;/q2*-1;;/t21-,23?,25+,26?,27-,31+,32+,33-;23-,25+,27-,31+,32-,36+;;/m00../s1. The first-order valence-corrected chi connectivity index (χ1v) is 34.5. The van der Waals surface area contributed by atoms with Gasteiger partial charge in [0.15, 0.2) is 0 Å². The SMILES string of the molecule is COc1ccc2nc3c(nc2c1)O[C@H]1CN(C(=O)[C@H](C2CCCCC2)CC(=O)O[C@@H]2CC4CC4[C@H]2CCCCC3)[C@H]([C-]=O)[C@@H]1C.COc1ccc2nc3c(nc2c1)O[C@H]1CN(C(=O)[C@H](C2CCCCC2)CC(=O)O[C@]2(C)CCC[C@H]2CCCCC3)[C@H]([C-]=O)[C@@H]1C.[V].[V]. The fraction of sp³-hybridized carbons (Fsp3) is 0.694. The van der Waals surface area contributed by atoms with Crippen molar-refractivity contribution >= 4 is 58.4 Å². The van der Waals surface area contributed by atoms with Gasteiger partial charge >= 0.3 is 11.9 Å². The van der Waals surface area contributed by atoms with Crippen LogP contribution in [0.1, 0.15) is 193 Å². The van der Waals surface area contributed by atoms with Crippen molar-refractivity contribution in [2.75, 3.05) is 27.3 Å². The minimum atomic E-state index is -0.764. The number of esters is 2. The summed E-state index contributed by atoms with van der Waals surface area (Å²) in [5.74, 6) is 2.06. The molecule has 2 aromatic carbocycles. The van der Waals surface area contributed by atoms with Gasteiger partial charge in [0.2, 0.25) is 23.6 Å². The van der Waals surface area contributed by atoms with Crippen LogP contribution in [-0.4, -0.2) is 129 Å². The molecule has 2 saturated heterocycles. The molecule has 20 heteroatoms. The van der Waals surface area contributed by atoms with Crippen LogP contribution in [0.3, 0.4) is 0 Å². The smallest absolute Gasteiger partial charge is 0.307 e.